The van der Waals surface area contributed by atoms with Gasteiger partial charge in [0, 0.05) is 7.05 Å². The lowest BCUT2D eigenvalue weighted by molar-refractivity contribution is 0.335. The van der Waals surface area contributed by atoms with Crippen LogP contribution in [0, 0.1) is 0 Å². The zero-order chi connectivity index (χ0) is 10.6. The molecule has 0 aromatic heterocycles. The highest BCUT2D eigenvalue weighted by Crippen LogP contribution is 2.13. The van der Waals surface area contributed by atoms with Crippen LogP contribution in [-0.2, 0) is 0 Å². The van der Waals surface area contributed by atoms with Gasteiger partial charge in [-0.3, -0.25) is 4.99 Å². The minimum Gasteiger partial charge on any atom is -0.392 e. The maximum atomic E-state index is 8.84. The second-order valence-corrected chi connectivity index (χ2v) is 3.00. The maximum absolute atomic E-state index is 8.84. The van der Waals surface area contributed by atoms with Crippen LogP contribution < -0.4 is 0 Å². The van der Waals surface area contributed by atoms with Crippen molar-refractivity contribution in [2.45, 2.75) is 0 Å². The normalized spacial score (nSPS) is 21.4. The number of aliphatic imine (C=N–C) groups is 1. The van der Waals surface area contributed by atoms with Gasteiger partial charge in [0.05, 0.1) is 12.3 Å². The Morgan fingerprint density at radius 2 is 2.36 bits per heavy atom. The van der Waals surface area contributed by atoms with Crippen LogP contribution in [0.5, 0.6) is 0 Å². The van der Waals surface area contributed by atoms with E-state index in [1.807, 2.05) is 12.2 Å². The Kier molecular flexibility index (Phi) is 3.66. The molecule has 2 nitrogen and oxygen atoms in total. The van der Waals surface area contributed by atoms with Crippen molar-refractivity contribution < 1.29 is 5.11 Å². The molecule has 70 valence electrons. The largest absolute Gasteiger partial charge is 0.392 e. The summed E-state index contributed by atoms with van der Waals surface area (Å²) in [5, 5.41) is 8.84. The van der Waals surface area contributed by atoms with Crippen LogP contribution in [0.2, 0.25) is 0 Å². The SMILES string of the molecule is [B]C1=C/C(=C/C(=C)CO)C(=NC)C=C1. The van der Waals surface area contributed by atoms with Crippen molar-refractivity contribution in [2.24, 2.45) is 4.99 Å². The van der Waals surface area contributed by atoms with Crippen molar-refractivity contribution >= 4 is 13.6 Å². The first-order valence-corrected chi connectivity index (χ1v) is 4.30. The number of hydrogen-bond acceptors (Lipinski definition) is 2. The zero-order valence-electron chi connectivity index (χ0n) is 8.20. The molecule has 0 aliphatic heterocycles. The molecule has 0 unspecified atom stereocenters. The van der Waals surface area contributed by atoms with E-state index >= 15 is 0 Å². The van der Waals surface area contributed by atoms with Crippen LogP contribution >= 0.6 is 0 Å². The summed E-state index contributed by atoms with van der Waals surface area (Å²) in [7, 11) is 7.36. The molecule has 0 aromatic rings. The molecule has 1 aliphatic carbocycles. The summed E-state index contributed by atoms with van der Waals surface area (Å²) >= 11 is 0. The van der Waals surface area contributed by atoms with Crippen molar-refractivity contribution in [2.75, 3.05) is 13.7 Å². The molecule has 0 spiro atoms. The first-order chi connectivity index (χ1) is 6.67. The quantitative estimate of drug-likeness (QED) is 0.643. The highest BCUT2D eigenvalue weighted by Gasteiger charge is 2.05. The molecular formula is C11H12BNO. The minimum absolute atomic E-state index is 0.0576. The monoisotopic (exact) mass is 185 g/mol. The fraction of sp³-hybridized carbons (Fsp3) is 0.182. The van der Waals surface area contributed by atoms with E-state index in [4.69, 9.17) is 13.0 Å². The number of aliphatic hydroxyl groups is 1. The number of nitrogens with zero attached hydrogens (tertiary/aromatic N) is 1. The molecule has 0 atom stereocenters. The number of aliphatic hydroxyl groups excluding tert-OH is 1. The Morgan fingerprint density at radius 1 is 1.64 bits per heavy atom. The van der Waals surface area contributed by atoms with Gasteiger partial charge in [-0.25, -0.2) is 0 Å². The topological polar surface area (TPSA) is 32.6 Å². The van der Waals surface area contributed by atoms with E-state index in [0.29, 0.717) is 11.0 Å². The van der Waals surface area contributed by atoms with Crippen LogP contribution in [0.1, 0.15) is 0 Å². The molecule has 0 heterocycles. The highest BCUT2D eigenvalue weighted by molar-refractivity contribution is 6.27. The van der Waals surface area contributed by atoms with Gasteiger partial charge in [0.1, 0.15) is 7.85 Å². The van der Waals surface area contributed by atoms with E-state index in [-0.39, 0.29) is 6.61 Å². The third-order valence-electron chi connectivity index (χ3n) is 1.86. The molecule has 1 N–H and O–H groups in total. The van der Waals surface area contributed by atoms with E-state index < -0.39 is 0 Å². The summed E-state index contributed by atoms with van der Waals surface area (Å²) in [6, 6.07) is 0. The molecule has 0 fully saturated rings. The average molecular weight is 185 g/mol. The van der Waals surface area contributed by atoms with Gasteiger partial charge in [-0.05, 0) is 23.3 Å². The van der Waals surface area contributed by atoms with Crippen LogP contribution in [0.15, 0.2) is 52.5 Å². The van der Waals surface area contributed by atoms with E-state index in [9.17, 15) is 0 Å². The fourth-order valence-corrected chi connectivity index (χ4v) is 1.16. The summed E-state index contributed by atoms with van der Waals surface area (Å²) < 4.78 is 0. The van der Waals surface area contributed by atoms with Gasteiger partial charge in [0.2, 0.25) is 0 Å². The van der Waals surface area contributed by atoms with Crippen molar-refractivity contribution in [3.63, 3.8) is 0 Å². The lowest BCUT2D eigenvalue weighted by atomic mass is 9.87. The first kappa shape index (κ1) is 10.7. The third kappa shape index (κ3) is 2.57. The summed E-state index contributed by atoms with van der Waals surface area (Å²) in [5.74, 6) is 0. The van der Waals surface area contributed by atoms with Gasteiger partial charge < -0.3 is 5.11 Å². The lowest BCUT2D eigenvalue weighted by Gasteiger charge is -2.09. The summed E-state index contributed by atoms with van der Waals surface area (Å²) in [6.45, 7) is 3.63. The van der Waals surface area contributed by atoms with Gasteiger partial charge >= 0.3 is 0 Å². The van der Waals surface area contributed by atoms with E-state index in [1.165, 1.54) is 0 Å². The Balaban J connectivity index is 3.02. The predicted octanol–water partition coefficient (Wildman–Crippen LogP) is 1.15. The second-order valence-electron chi connectivity index (χ2n) is 3.00. The molecule has 0 saturated carbocycles. The van der Waals surface area contributed by atoms with Gasteiger partial charge in [-0.1, -0.05) is 24.2 Å². The number of rotatable bonds is 2. The Hall–Kier alpha value is -1.35. The number of hydrogen-bond donors (Lipinski definition) is 1. The molecule has 14 heavy (non-hydrogen) atoms. The molecule has 3 heteroatoms. The first-order valence-electron chi connectivity index (χ1n) is 4.30. The molecule has 1 rings (SSSR count). The molecule has 0 aromatic carbocycles. The van der Waals surface area contributed by atoms with Crippen molar-refractivity contribution in [1.82, 2.24) is 0 Å². The summed E-state index contributed by atoms with van der Waals surface area (Å²) in [4.78, 5) is 4.09. The maximum Gasteiger partial charge on any atom is 0.113 e. The van der Waals surface area contributed by atoms with Crippen LogP contribution in [0.25, 0.3) is 0 Å². The van der Waals surface area contributed by atoms with Crippen LogP contribution in [0.4, 0.5) is 0 Å². The molecule has 1 aliphatic rings. The van der Waals surface area contributed by atoms with E-state index in [1.54, 1.807) is 19.2 Å². The standard InChI is InChI=1S/C11H12BNO/c1-8(7-14)5-9-6-10(12)3-4-11(9)13-2/h3-6,14H,1,7H2,2H3/b9-5-,13-11?. The predicted molar refractivity (Wildman–Crippen MR) is 60.6 cm³/mol. The van der Waals surface area contributed by atoms with Gasteiger partial charge in [0.15, 0.2) is 0 Å². The van der Waals surface area contributed by atoms with E-state index in [2.05, 4.69) is 11.6 Å². The Bertz CT molecular complexity index is 361. The zero-order valence-corrected chi connectivity index (χ0v) is 8.20. The minimum atomic E-state index is -0.0576. The van der Waals surface area contributed by atoms with Crippen molar-refractivity contribution in [1.29, 1.82) is 0 Å². The summed E-state index contributed by atoms with van der Waals surface area (Å²) in [6.07, 6.45) is 7.22. The van der Waals surface area contributed by atoms with Crippen molar-refractivity contribution in [3.8, 4) is 0 Å². The Labute approximate surface area is 85.5 Å². The highest BCUT2D eigenvalue weighted by atomic mass is 16.3. The molecule has 0 saturated heterocycles. The number of allylic oxidation sites excluding steroid dienone is 5. The van der Waals surface area contributed by atoms with Crippen LogP contribution in [0.3, 0.4) is 0 Å². The van der Waals surface area contributed by atoms with Gasteiger partial charge in [-0.15, -0.1) is 0 Å². The second kappa shape index (κ2) is 4.77. The molecule has 0 amide bonds. The smallest absolute Gasteiger partial charge is 0.113 e. The van der Waals surface area contributed by atoms with Gasteiger partial charge in [0.25, 0.3) is 0 Å². The van der Waals surface area contributed by atoms with Crippen molar-refractivity contribution in [3.05, 3.63) is 47.5 Å². The summed E-state index contributed by atoms with van der Waals surface area (Å²) in [5.41, 5.74) is 3.04. The lowest BCUT2D eigenvalue weighted by Crippen LogP contribution is -2.03. The molecule has 0 bridgehead atoms. The third-order valence-corrected chi connectivity index (χ3v) is 1.86. The Morgan fingerprint density at radius 3 is 2.93 bits per heavy atom. The van der Waals surface area contributed by atoms with Gasteiger partial charge in [-0.2, -0.15) is 0 Å². The molecule has 2 radical (unpaired) electrons. The van der Waals surface area contributed by atoms with E-state index in [0.717, 1.165) is 11.3 Å². The molecular weight excluding hydrogens is 173 g/mol. The van der Waals surface area contributed by atoms with Crippen LogP contribution in [-0.4, -0.2) is 32.3 Å². The average Bonchev–Trinajstić information content (AvgIpc) is 2.18. The fourth-order valence-electron chi connectivity index (χ4n) is 1.16.